The van der Waals surface area contributed by atoms with Crippen molar-refractivity contribution in [3.8, 4) is 0 Å². The number of nitrogens with two attached hydrogens (primary N) is 3. The van der Waals surface area contributed by atoms with E-state index < -0.39 is 97.3 Å². The van der Waals surface area contributed by atoms with E-state index in [4.69, 9.17) is 32.5 Å². The number of nitrogens with one attached hydrogen (secondary N) is 3. The van der Waals surface area contributed by atoms with Crippen molar-refractivity contribution in [3.05, 3.63) is 0 Å². The predicted molar refractivity (Wildman–Crippen MR) is 113 cm³/mol. The van der Waals surface area contributed by atoms with E-state index in [2.05, 4.69) is 5.32 Å². The number of carboxylic acids is 3. The summed E-state index contributed by atoms with van der Waals surface area (Å²) in [6.07, 6.45) is -3.40. The van der Waals surface area contributed by atoms with E-state index >= 15 is 0 Å². The second kappa shape index (κ2) is 14.8. The Morgan fingerprint density at radius 1 is 0.600 bits per heavy atom. The minimum atomic E-state index is -1.87. The molecule has 0 aromatic carbocycles. The van der Waals surface area contributed by atoms with Crippen LogP contribution in [0.5, 0.6) is 0 Å². The largest absolute Gasteiger partial charge is 0.481 e. The molecule has 0 saturated carbocycles. The quantitative estimate of drug-likeness (QED) is 0.0902. The highest BCUT2D eigenvalue weighted by Crippen LogP contribution is 2.04. The SMILES string of the molecule is NC(=O)CCC(N)C(=O)NC(CCC(=O)O)C(=O)NC(CC(=O)O)C(=O)NC(CC(N)=O)C(=O)O. The van der Waals surface area contributed by atoms with Crippen molar-refractivity contribution in [2.75, 3.05) is 0 Å². The molecule has 4 atom stereocenters. The minimum Gasteiger partial charge on any atom is -0.481 e. The molecule has 5 amide bonds. The Labute approximate surface area is 197 Å². The van der Waals surface area contributed by atoms with Crippen molar-refractivity contribution in [1.29, 1.82) is 0 Å². The fourth-order valence-corrected chi connectivity index (χ4v) is 2.57. The molecule has 17 heteroatoms. The number of rotatable bonds is 17. The van der Waals surface area contributed by atoms with Crippen LogP contribution >= 0.6 is 0 Å². The molecule has 0 aromatic rings. The van der Waals surface area contributed by atoms with Crippen LogP contribution < -0.4 is 33.2 Å². The summed E-state index contributed by atoms with van der Waals surface area (Å²) >= 11 is 0. The standard InChI is InChI=1S/C18H28N6O11/c19-7(1-3-11(20)25)15(31)22-8(2-4-13(27)28)16(32)23-9(6-14(29)30)17(33)24-10(18(34)35)5-12(21)26/h7-10H,1-6,19H2,(H2,20,25)(H2,21,26)(H,22,31)(H,23,32)(H,24,33)(H,27,28)(H,29,30)(H,34,35). The summed E-state index contributed by atoms with van der Waals surface area (Å²) in [4.78, 5) is 92.5. The van der Waals surface area contributed by atoms with Gasteiger partial charge in [-0.3, -0.25) is 33.6 Å². The third-order valence-electron chi connectivity index (χ3n) is 4.35. The second-order valence-corrected chi connectivity index (χ2v) is 7.33. The highest BCUT2D eigenvalue weighted by molar-refractivity contribution is 5.96. The van der Waals surface area contributed by atoms with E-state index in [-0.39, 0.29) is 12.8 Å². The van der Waals surface area contributed by atoms with Gasteiger partial charge < -0.3 is 48.5 Å². The first kappa shape index (κ1) is 30.7. The third kappa shape index (κ3) is 13.1. The topological polar surface area (TPSA) is 311 Å². The van der Waals surface area contributed by atoms with E-state index in [1.165, 1.54) is 0 Å². The van der Waals surface area contributed by atoms with Gasteiger partial charge in [-0.2, -0.15) is 0 Å². The number of primary amides is 2. The van der Waals surface area contributed by atoms with Gasteiger partial charge in [0.1, 0.15) is 18.1 Å². The molecule has 0 saturated heterocycles. The Bertz CT molecular complexity index is 862. The Morgan fingerprint density at radius 2 is 1.11 bits per heavy atom. The summed E-state index contributed by atoms with van der Waals surface area (Å²) in [5.74, 6) is -9.83. The molecular formula is C18H28N6O11. The molecule has 0 bridgehead atoms. The zero-order valence-corrected chi connectivity index (χ0v) is 18.4. The van der Waals surface area contributed by atoms with Crippen LogP contribution in [0.2, 0.25) is 0 Å². The van der Waals surface area contributed by atoms with Crippen molar-refractivity contribution in [2.45, 2.75) is 62.7 Å². The van der Waals surface area contributed by atoms with Gasteiger partial charge in [-0.15, -0.1) is 0 Å². The smallest absolute Gasteiger partial charge is 0.326 e. The lowest BCUT2D eigenvalue weighted by molar-refractivity contribution is -0.144. The van der Waals surface area contributed by atoms with Gasteiger partial charge in [0.05, 0.1) is 18.9 Å². The lowest BCUT2D eigenvalue weighted by Crippen LogP contribution is -2.57. The molecule has 12 N–H and O–H groups in total. The first-order chi connectivity index (χ1) is 16.1. The number of hydrogen-bond donors (Lipinski definition) is 9. The van der Waals surface area contributed by atoms with Gasteiger partial charge in [0.2, 0.25) is 29.5 Å². The maximum atomic E-state index is 12.7. The average molecular weight is 504 g/mol. The van der Waals surface area contributed by atoms with Crippen molar-refractivity contribution < 1.29 is 53.7 Å². The van der Waals surface area contributed by atoms with E-state index in [0.717, 1.165) is 0 Å². The Morgan fingerprint density at radius 3 is 1.57 bits per heavy atom. The zero-order valence-electron chi connectivity index (χ0n) is 18.4. The van der Waals surface area contributed by atoms with Gasteiger partial charge in [-0.05, 0) is 12.8 Å². The Hall–Kier alpha value is -4.28. The monoisotopic (exact) mass is 504 g/mol. The van der Waals surface area contributed by atoms with Crippen molar-refractivity contribution in [1.82, 2.24) is 16.0 Å². The van der Waals surface area contributed by atoms with Crippen LogP contribution in [0.3, 0.4) is 0 Å². The number of carbonyl (C=O) groups excluding carboxylic acids is 5. The second-order valence-electron chi connectivity index (χ2n) is 7.33. The Balaban J connectivity index is 5.59. The number of hydrogen-bond acceptors (Lipinski definition) is 9. The fourth-order valence-electron chi connectivity index (χ4n) is 2.57. The number of aliphatic carboxylic acids is 3. The summed E-state index contributed by atoms with van der Waals surface area (Å²) in [7, 11) is 0. The Kier molecular flexibility index (Phi) is 13.0. The lowest BCUT2D eigenvalue weighted by Gasteiger charge is -2.24. The molecular weight excluding hydrogens is 476 g/mol. The first-order valence-corrected chi connectivity index (χ1v) is 10.0. The van der Waals surface area contributed by atoms with E-state index in [1.54, 1.807) is 0 Å². The van der Waals surface area contributed by atoms with Crippen molar-refractivity contribution in [2.24, 2.45) is 17.2 Å². The molecule has 0 aromatic heterocycles. The summed E-state index contributed by atoms with van der Waals surface area (Å²) in [5, 5.41) is 33.0. The van der Waals surface area contributed by atoms with Crippen LogP contribution in [0, 0.1) is 0 Å². The molecule has 0 fully saturated rings. The van der Waals surface area contributed by atoms with Gasteiger partial charge >= 0.3 is 17.9 Å². The molecule has 0 radical (unpaired) electrons. The molecule has 0 rings (SSSR count). The summed E-state index contributed by atoms with van der Waals surface area (Å²) < 4.78 is 0. The average Bonchev–Trinajstić information content (AvgIpc) is 2.72. The van der Waals surface area contributed by atoms with Gasteiger partial charge in [0.25, 0.3) is 0 Å². The first-order valence-electron chi connectivity index (χ1n) is 10.0. The van der Waals surface area contributed by atoms with Crippen LogP contribution in [0.25, 0.3) is 0 Å². The van der Waals surface area contributed by atoms with E-state index in [0.29, 0.717) is 0 Å². The summed E-state index contributed by atoms with van der Waals surface area (Å²) in [6, 6.07) is -6.59. The van der Waals surface area contributed by atoms with Crippen LogP contribution in [0.15, 0.2) is 0 Å². The molecule has 4 unspecified atom stereocenters. The van der Waals surface area contributed by atoms with Crippen LogP contribution in [-0.2, 0) is 38.4 Å². The molecule has 0 heterocycles. The minimum absolute atomic E-state index is 0.186. The third-order valence-corrected chi connectivity index (χ3v) is 4.35. The van der Waals surface area contributed by atoms with E-state index in [9.17, 15) is 38.4 Å². The molecule has 0 aliphatic rings. The summed E-state index contributed by atoms with van der Waals surface area (Å²) in [5.41, 5.74) is 15.5. The van der Waals surface area contributed by atoms with Gasteiger partial charge in [0, 0.05) is 12.8 Å². The molecule has 0 spiro atoms. The molecule has 35 heavy (non-hydrogen) atoms. The van der Waals surface area contributed by atoms with Gasteiger partial charge in [0.15, 0.2) is 0 Å². The highest BCUT2D eigenvalue weighted by atomic mass is 16.4. The van der Waals surface area contributed by atoms with Crippen molar-refractivity contribution in [3.63, 3.8) is 0 Å². The molecule has 0 aliphatic heterocycles. The highest BCUT2D eigenvalue weighted by Gasteiger charge is 2.32. The number of carboxylic acid groups (broad SMARTS) is 3. The van der Waals surface area contributed by atoms with E-state index in [1.807, 2.05) is 10.6 Å². The normalized spacial score (nSPS) is 13.9. The number of amides is 5. The zero-order chi connectivity index (χ0) is 27.3. The molecule has 17 nitrogen and oxygen atoms in total. The van der Waals surface area contributed by atoms with Crippen molar-refractivity contribution >= 4 is 47.4 Å². The van der Waals surface area contributed by atoms with Crippen LogP contribution in [-0.4, -0.2) is 86.9 Å². The molecule has 0 aliphatic carbocycles. The van der Waals surface area contributed by atoms with Gasteiger partial charge in [-0.1, -0.05) is 0 Å². The van der Waals surface area contributed by atoms with Crippen LogP contribution in [0.4, 0.5) is 0 Å². The van der Waals surface area contributed by atoms with Gasteiger partial charge in [-0.25, -0.2) is 4.79 Å². The maximum Gasteiger partial charge on any atom is 0.326 e. The predicted octanol–water partition coefficient (Wildman–Crippen LogP) is -4.67. The number of carbonyl (C=O) groups is 8. The fraction of sp³-hybridized carbons (Fsp3) is 0.556. The lowest BCUT2D eigenvalue weighted by atomic mass is 10.1. The molecule has 196 valence electrons. The maximum absolute atomic E-state index is 12.7. The van der Waals surface area contributed by atoms with Crippen LogP contribution in [0.1, 0.15) is 38.5 Å². The summed E-state index contributed by atoms with van der Waals surface area (Å²) in [6.45, 7) is 0.